The molecule has 1 unspecified atom stereocenters. The van der Waals surface area contributed by atoms with E-state index in [0.29, 0.717) is 26.7 Å². The summed E-state index contributed by atoms with van der Waals surface area (Å²) < 4.78 is 11.9. The van der Waals surface area contributed by atoms with Gasteiger partial charge in [0.1, 0.15) is 11.5 Å². The zero-order valence-corrected chi connectivity index (χ0v) is 25.0. The summed E-state index contributed by atoms with van der Waals surface area (Å²) in [4.78, 5) is 66.1. The van der Waals surface area contributed by atoms with Gasteiger partial charge in [0.2, 0.25) is 5.91 Å². The third kappa shape index (κ3) is 7.21. The molecule has 1 N–H and O–H groups in total. The lowest BCUT2D eigenvalue weighted by Gasteiger charge is -2.18. The van der Waals surface area contributed by atoms with E-state index in [4.69, 9.17) is 9.47 Å². The Morgan fingerprint density at radius 3 is 2.73 bits per heavy atom. The number of carbonyl (C=O) groups excluding carboxylic acids is 4. The summed E-state index contributed by atoms with van der Waals surface area (Å²) in [5.41, 5.74) is 1.73. The van der Waals surface area contributed by atoms with Crippen molar-refractivity contribution in [3.8, 4) is 0 Å². The van der Waals surface area contributed by atoms with Crippen LogP contribution < -0.4 is 10.1 Å². The molecular weight excluding hydrogens is 593 g/mol. The number of nitrogens with one attached hydrogen (secondary N) is 1. The predicted molar refractivity (Wildman–Crippen MR) is 156 cm³/mol. The summed E-state index contributed by atoms with van der Waals surface area (Å²) >= 11 is 3.48. The average Bonchev–Trinajstić information content (AvgIpc) is 3.44. The summed E-state index contributed by atoms with van der Waals surface area (Å²) in [6.07, 6.45) is 2.55. The molecule has 15 heteroatoms. The number of benzene rings is 1. The van der Waals surface area contributed by atoms with Crippen LogP contribution >= 0.6 is 34.4 Å². The number of anilines is 1. The average molecular weight is 621 g/mol. The highest BCUT2D eigenvalue weighted by Gasteiger charge is 2.29. The third-order valence-electron chi connectivity index (χ3n) is 6.32. The topological polar surface area (TPSA) is 159 Å². The van der Waals surface area contributed by atoms with Crippen molar-refractivity contribution in [3.63, 3.8) is 0 Å². The summed E-state index contributed by atoms with van der Waals surface area (Å²) in [5.74, 6) is -1.62. The molecule has 2 heterocycles. The second kappa shape index (κ2) is 13.4. The highest BCUT2D eigenvalue weighted by molar-refractivity contribution is 8.00. The molecular formula is C26H28N4O8S3. The number of amides is 2. The molecule has 1 aromatic carbocycles. The number of thiophene rings is 1. The Morgan fingerprint density at radius 1 is 1.24 bits per heavy atom. The van der Waals surface area contributed by atoms with Crippen molar-refractivity contribution in [2.75, 3.05) is 30.5 Å². The number of hydrogen-bond donors (Lipinski definition) is 1. The van der Waals surface area contributed by atoms with Gasteiger partial charge in [-0.05, 0) is 43.7 Å². The molecule has 1 aliphatic carbocycles. The van der Waals surface area contributed by atoms with Crippen molar-refractivity contribution >= 4 is 79.1 Å². The number of methoxy groups -OCH3 is 1. The number of thiazole rings is 1. The highest BCUT2D eigenvalue weighted by Crippen LogP contribution is 2.40. The van der Waals surface area contributed by atoms with E-state index in [2.05, 4.69) is 17.2 Å². The molecule has 218 valence electrons. The summed E-state index contributed by atoms with van der Waals surface area (Å²) in [7, 11) is 1.23. The van der Waals surface area contributed by atoms with Crippen LogP contribution in [-0.2, 0) is 43.2 Å². The lowest BCUT2D eigenvalue weighted by molar-refractivity contribution is -0.384. The van der Waals surface area contributed by atoms with Crippen LogP contribution in [0.15, 0.2) is 23.2 Å². The molecule has 3 aromatic rings. The zero-order chi connectivity index (χ0) is 29.7. The van der Waals surface area contributed by atoms with E-state index < -0.39 is 22.8 Å². The van der Waals surface area contributed by atoms with E-state index in [-0.39, 0.29) is 41.1 Å². The summed E-state index contributed by atoms with van der Waals surface area (Å²) in [6.45, 7) is 3.88. The van der Waals surface area contributed by atoms with Gasteiger partial charge in [0.25, 0.3) is 11.6 Å². The Balaban J connectivity index is 1.46. The van der Waals surface area contributed by atoms with Gasteiger partial charge < -0.3 is 19.4 Å². The van der Waals surface area contributed by atoms with Crippen LogP contribution in [0.2, 0.25) is 0 Å². The zero-order valence-electron chi connectivity index (χ0n) is 22.6. The second-order valence-corrected chi connectivity index (χ2v) is 12.4. The molecule has 0 bridgehead atoms. The normalized spacial score (nSPS) is 14.9. The van der Waals surface area contributed by atoms with E-state index >= 15 is 0 Å². The molecule has 2 aromatic heterocycles. The Labute approximate surface area is 246 Å². The van der Waals surface area contributed by atoms with Gasteiger partial charge in [-0.1, -0.05) is 18.3 Å². The molecule has 0 aliphatic heterocycles. The van der Waals surface area contributed by atoms with Gasteiger partial charge in [0.05, 0.1) is 45.9 Å². The first kappa shape index (κ1) is 30.4. The standard InChI is InChI=1S/C26H28N4O8S3/c1-4-38-25(34)23-16-7-5-14(2)9-18(16)40-24(23)27-20(31)12-39-13-21(32)28-26-29(11-22(33)37-3)17-8-6-15(30(35)36)10-19(17)41-26/h6,8,10,14H,4-5,7,9,11-13H2,1-3H3,(H,27,31). The number of nitro benzene ring substituents is 1. The molecule has 0 saturated heterocycles. The van der Waals surface area contributed by atoms with Gasteiger partial charge in [-0.3, -0.25) is 24.5 Å². The van der Waals surface area contributed by atoms with Crippen LogP contribution in [-0.4, -0.2) is 58.5 Å². The van der Waals surface area contributed by atoms with Crippen molar-refractivity contribution in [3.05, 3.63) is 49.1 Å². The number of ether oxygens (including phenoxy) is 2. The van der Waals surface area contributed by atoms with Crippen molar-refractivity contribution < 1.29 is 33.6 Å². The van der Waals surface area contributed by atoms with Crippen molar-refractivity contribution in [2.45, 2.75) is 39.7 Å². The van der Waals surface area contributed by atoms with Gasteiger partial charge in [0.15, 0.2) is 4.80 Å². The molecule has 0 spiro atoms. The number of thioether (sulfide) groups is 1. The molecule has 1 aliphatic rings. The van der Waals surface area contributed by atoms with Gasteiger partial charge in [0, 0.05) is 17.0 Å². The van der Waals surface area contributed by atoms with E-state index in [1.165, 1.54) is 41.2 Å². The number of fused-ring (bicyclic) bond motifs is 2. The molecule has 2 amide bonds. The molecule has 41 heavy (non-hydrogen) atoms. The Bertz CT molecular complexity index is 1590. The maximum absolute atomic E-state index is 12.7. The first-order chi connectivity index (χ1) is 19.6. The van der Waals surface area contributed by atoms with Crippen molar-refractivity contribution in [1.29, 1.82) is 0 Å². The molecule has 0 radical (unpaired) electrons. The Hall–Kier alpha value is -3.56. The highest BCUT2D eigenvalue weighted by atomic mass is 32.2. The summed E-state index contributed by atoms with van der Waals surface area (Å²) in [6, 6.07) is 4.15. The summed E-state index contributed by atoms with van der Waals surface area (Å²) in [5, 5.41) is 14.5. The number of carbonyl (C=O) groups is 4. The van der Waals surface area contributed by atoms with Crippen LogP contribution in [0.5, 0.6) is 0 Å². The third-order valence-corrected chi connectivity index (χ3v) is 9.44. The minimum Gasteiger partial charge on any atom is -0.468 e. The molecule has 12 nitrogen and oxygen atoms in total. The SMILES string of the molecule is CCOC(=O)c1c(NC(=O)CSCC(=O)N=c2sc3cc([N+](=O)[O-])ccc3n2CC(=O)OC)sc2c1CCC(C)C2. The van der Waals surface area contributed by atoms with Gasteiger partial charge >= 0.3 is 11.9 Å². The smallest absolute Gasteiger partial charge is 0.341 e. The number of hydrogen-bond acceptors (Lipinski definition) is 11. The van der Waals surface area contributed by atoms with Crippen LogP contribution in [0.4, 0.5) is 10.7 Å². The maximum atomic E-state index is 12.7. The van der Waals surface area contributed by atoms with E-state index in [9.17, 15) is 29.3 Å². The minimum atomic E-state index is -0.574. The predicted octanol–water partition coefficient (Wildman–Crippen LogP) is 3.95. The minimum absolute atomic E-state index is 0.0523. The van der Waals surface area contributed by atoms with E-state index in [0.717, 1.165) is 52.8 Å². The number of nitrogens with zero attached hydrogens (tertiary/aromatic N) is 3. The number of aromatic nitrogens is 1. The fourth-order valence-corrected chi connectivity index (χ4v) is 7.49. The largest absolute Gasteiger partial charge is 0.468 e. The lowest BCUT2D eigenvalue weighted by Crippen LogP contribution is -2.23. The van der Waals surface area contributed by atoms with Crippen molar-refractivity contribution in [2.24, 2.45) is 10.9 Å². The fraction of sp³-hybridized carbons (Fsp3) is 0.423. The lowest BCUT2D eigenvalue weighted by atomic mass is 9.88. The molecule has 0 saturated carbocycles. The molecule has 1 atom stereocenters. The second-order valence-electron chi connectivity index (χ2n) is 9.28. The first-order valence-corrected chi connectivity index (χ1v) is 15.5. The number of non-ortho nitro benzene ring substituents is 1. The number of esters is 2. The van der Waals surface area contributed by atoms with Crippen LogP contribution in [0, 0.1) is 16.0 Å². The number of nitro groups is 1. The first-order valence-electron chi connectivity index (χ1n) is 12.7. The van der Waals surface area contributed by atoms with Gasteiger partial charge in [-0.15, -0.1) is 23.1 Å². The quantitative estimate of drug-likeness (QED) is 0.201. The maximum Gasteiger partial charge on any atom is 0.341 e. The molecule has 4 rings (SSSR count). The van der Waals surface area contributed by atoms with Gasteiger partial charge in [-0.25, -0.2) is 4.79 Å². The monoisotopic (exact) mass is 620 g/mol. The Morgan fingerprint density at radius 2 is 2.02 bits per heavy atom. The van der Waals surface area contributed by atoms with Crippen LogP contribution in [0.1, 0.15) is 41.1 Å². The fourth-order valence-electron chi connectivity index (χ4n) is 4.40. The van der Waals surface area contributed by atoms with Crippen LogP contribution in [0.25, 0.3) is 10.2 Å². The molecule has 0 fully saturated rings. The van der Waals surface area contributed by atoms with E-state index in [1.807, 2.05) is 0 Å². The van der Waals surface area contributed by atoms with Gasteiger partial charge in [-0.2, -0.15) is 4.99 Å². The van der Waals surface area contributed by atoms with E-state index in [1.54, 1.807) is 6.92 Å². The van der Waals surface area contributed by atoms with Crippen molar-refractivity contribution in [1.82, 2.24) is 4.57 Å². The Kier molecular flexibility index (Phi) is 9.94. The van der Waals surface area contributed by atoms with Crippen LogP contribution in [0.3, 0.4) is 0 Å². The number of rotatable bonds is 10.